The van der Waals surface area contributed by atoms with E-state index >= 15 is 0 Å². The average Bonchev–Trinajstić information content (AvgIpc) is 2.67. The smallest absolute Gasteiger partial charge is 0.304 e. The minimum absolute atomic E-state index is 0.131. The normalized spacial score (nSPS) is 21.8. The van der Waals surface area contributed by atoms with Gasteiger partial charge in [-0.05, 0) is 38.0 Å². The van der Waals surface area contributed by atoms with Gasteiger partial charge in [0.2, 0.25) is 0 Å². The first-order chi connectivity index (χ1) is 13.4. The Bertz CT molecular complexity index is 854. The fraction of sp³-hybridized carbons (Fsp3) is 0.450. The maximum atomic E-state index is 14.4. The van der Waals surface area contributed by atoms with E-state index in [2.05, 4.69) is 14.9 Å². The number of hydrogen-bond donors (Lipinski definition) is 0. The van der Waals surface area contributed by atoms with Crippen molar-refractivity contribution in [3.8, 4) is 0 Å². The summed E-state index contributed by atoms with van der Waals surface area (Å²) in [6.07, 6.45) is -1.26. The molecule has 2 aliphatic heterocycles. The van der Waals surface area contributed by atoms with Crippen molar-refractivity contribution in [2.75, 3.05) is 24.5 Å². The number of ether oxygens (including phenoxy) is 1. The summed E-state index contributed by atoms with van der Waals surface area (Å²) < 4.78 is 33.9. The van der Waals surface area contributed by atoms with Crippen molar-refractivity contribution in [2.24, 2.45) is 0 Å². The topological polar surface area (TPSA) is 58.6 Å². The number of halogens is 2. The van der Waals surface area contributed by atoms with Crippen LogP contribution < -0.4 is 4.90 Å². The van der Waals surface area contributed by atoms with Crippen molar-refractivity contribution in [2.45, 2.75) is 38.0 Å². The summed E-state index contributed by atoms with van der Waals surface area (Å²) in [5.41, 5.74) is 0.318. The molecule has 28 heavy (non-hydrogen) atoms. The molecule has 2 aromatic rings. The lowest BCUT2D eigenvalue weighted by atomic mass is 9.88. The van der Waals surface area contributed by atoms with Crippen molar-refractivity contribution in [3.05, 3.63) is 54.1 Å². The molecule has 0 bridgehead atoms. The maximum Gasteiger partial charge on any atom is 0.437 e. The van der Waals surface area contributed by atoms with Crippen LogP contribution in [0.1, 0.15) is 24.4 Å². The quantitative estimate of drug-likeness (QED) is 0.809. The standard InChI is InChI=1S/C20H22F2N4O2/c1-15-23-10-7-16(24-15)13-25-11-8-19(9-12-25)14-26(17-5-3-2-4-6-17)18(27)20(21,22)28-19/h2-7,10H,8-9,11-14H2,1H3. The lowest BCUT2D eigenvalue weighted by molar-refractivity contribution is -0.293. The number of benzene rings is 1. The van der Waals surface area contributed by atoms with Crippen LogP contribution in [0.25, 0.3) is 0 Å². The predicted octanol–water partition coefficient (Wildman–Crippen LogP) is 2.78. The first-order valence-electron chi connectivity index (χ1n) is 9.33. The Labute approximate surface area is 162 Å². The van der Waals surface area contributed by atoms with Gasteiger partial charge in [0.15, 0.2) is 0 Å². The number of nitrogens with zero attached hydrogens (tertiary/aromatic N) is 4. The van der Waals surface area contributed by atoms with Crippen LogP contribution in [0.5, 0.6) is 0 Å². The minimum atomic E-state index is -3.82. The Morgan fingerprint density at radius 1 is 1.14 bits per heavy atom. The Hall–Kier alpha value is -2.45. The van der Waals surface area contributed by atoms with E-state index in [0.717, 1.165) is 10.6 Å². The number of likely N-dealkylation sites (tertiary alicyclic amines) is 1. The molecule has 0 N–H and O–H groups in total. The van der Waals surface area contributed by atoms with E-state index in [4.69, 9.17) is 4.74 Å². The van der Waals surface area contributed by atoms with Crippen molar-refractivity contribution in [1.82, 2.24) is 14.9 Å². The fourth-order valence-electron chi connectivity index (χ4n) is 3.88. The number of anilines is 1. The second-order valence-electron chi connectivity index (χ2n) is 7.40. The third-order valence-corrected chi connectivity index (χ3v) is 5.34. The van der Waals surface area contributed by atoms with Crippen molar-refractivity contribution in [1.29, 1.82) is 0 Å². The van der Waals surface area contributed by atoms with Gasteiger partial charge >= 0.3 is 12.0 Å². The molecule has 8 heteroatoms. The maximum absolute atomic E-state index is 14.4. The molecule has 1 spiro atoms. The molecule has 0 aliphatic carbocycles. The number of alkyl halides is 2. The average molecular weight is 388 g/mol. The third-order valence-electron chi connectivity index (χ3n) is 5.34. The molecule has 1 aromatic carbocycles. The zero-order valence-electron chi connectivity index (χ0n) is 15.6. The highest BCUT2D eigenvalue weighted by Gasteiger charge is 2.57. The molecular formula is C20H22F2N4O2. The number of aromatic nitrogens is 2. The number of hydrogen-bond acceptors (Lipinski definition) is 5. The molecule has 3 heterocycles. The summed E-state index contributed by atoms with van der Waals surface area (Å²) in [7, 11) is 0. The number of para-hydroxylation sites is 1. The summed E-state index contributed by atoms with van der Waals surface area (Å²) in [4.78, 5) is 24.1. The molecule has 1 amide bonds. The minimum Gasteiger partial charge on any atom is -0.304 e. The first kappa shape index (κ1) is 18.9. The zero-order valence-corrected chi connectivity index (χ0v) is 15.6. The summed E-state index contributed by atoms with van der Waals surface area (Å²) in [5.74, 6) is -0.596. The molecule has 2 aliphatic rings. The molecule has 148 valence electrons. The molecule has 0 radical (unpaired) electrons. The highest BCUT2D eigenvalue weighted by atomic mass is 19.3. The van der Waals surface area contributed by atoms with Gasteiger partial charge in [-0.3, -0.25) is 9.69 Å². The van der Waals surface area contributed by atoms with Crippen molar-refractivity contribution in [3.63, 3.8) is 0 Å². The van der Waals surface area contributed by atoms with Crippen LogP contribution in [0.4, 0.5) is 14.5 Å². The second kappa shape index (κ2) is 7.18. The van der Waals surface area contributed by atoms with Gasteiger partial charge in [0.25, 0.3) is 0 Å². The van der Waals surface area contributed by atoms with Crippen LogP contribution in [-0.2, 0) is 16.1 Å². The monoisotopic (exact) mass is 388 g/mol. The SMILES string of the molecule is Cc1nccc(CN2CCC3(CC2)CN(c2ccccc2)C(=O)C(F)(F)O3)n1. The van der Waals surface area contributed by atoms with Crippen LogP contribution in [0.15, 0.2) is 42.6 Å². The number of morpholine rings is 1. The van der Waals surface area contributed by atoms with Crippen molar-refractivity contribution >= 4 is 11.6 Å². The third kappa shape index (κ3) is 3.74. The van der Waals surface area contributed by atoms with Gasteiger partial charge in [0, 0.05) is 31.5 Å². The Morgan fingerprint density at radius 2 is 1.86 bits per heavy atom. The summed E-state index contributed by atoms with van der Waals surface area (Å²) in [6, 6.07) is 10.4. The lowest BCUT2D eigenvalue weighted by Gasteiger charge is -2.48. The zero-order chi connectivity index (χ0) is 19.8. The van der Waals surface area contributed by atoms with Crippen molar-refractivity contribution < 1.29 is 18.3 Å². The lowest BCUT2D eigenvalue weighted by Crippen LogP contribution is -2.64. The summed E-state index contributed by atoms with van der Waals surface area (Å²) in [6.45, 7) is 3.79. The molecule has 6 nitrogen and oxygen atoms in total. The number of carbonyl (C=O) groups is 1. The van der Waals surface area contributed by atoms with Gasteiger partial charge in [-0.15, -0.1) is 0 Å². The molecule has 2 saturated heterocycles. The second-order valence-corrected chi connectivity index (χ2v) is 7.40. The highest BCUT2D eigenvalue weighted by molar-refractivity contribution is 5.98. The number of piperidine rings is 1. The number of amides is 1. The van der Waals surface area contributed by atoms with Crippen LogP contribution >= 0.6 is 0 Å². The molecule has 0 atom stereocenters. The fourth-order valence-corrected chi connectivity index (χ4v) is 3.88. The molecular weight excluding hydrogens is 366 g/mol. The highest BCUT2D eigenvalue weighted by Crippen LogP contribution is 2.40. The van der Waals surface area contributed by atoms with Gasteiger partial charge in [0.05, 0.1) is 17.8 Å². The van der Waals surface area contributed by atoms with Crippen LogP contribution in [0.2, 0.25) is 0 Å². The predicted molar refractivity (Wildman–Crippen MR) is 98.8 cm³/mol. The van der Waals surface area contributed by atoms with E-state index in [9.17, 15) is 13.6 Å². The Kier molecular flexibility index (Phi) is 4.84. The number of aryl methyl sites for hydroxylation is 1. The molecule has 0 unspecified atom stereocenters. The van der Waals surface area contributed by atoms with Crippen LogP contribution in [0, 0.1) is 6.92 Å². The molecule has 2 fully saturated rings. The van der Waals surface area contributed by atoms with Gasteiger partial charge < -0.3 is 9.64 Å². The summed E-state index contributed by atoms with van der Waals surface area (Å²) >= 11 is 0. The van der Waals surface area contributed by atoms with Gasteiger partial charge in [-0.25, -0.2) is 9.97 Å². The van der Waals surface area contributed by atoms with Gasteiger partial charge in [-0.2, -0.15) is 8.78 Å². The van der Waals surface area contributed by atoms with Crippen LogP contribution in [-0.4, -0.2) is 52.1 Å². The van der Waals surface area contributed by atoms with Gasteiger partial charge in [-0.1, -0.05) is 18.2 Å². The summed E-state index contributed by atoms with van der Waals surface area (Å²) in [5, 5.41) is 0. The number of carbonyl (C=O) groups excluding carboxylic acids is 1. The molecule has 1 aromatic heterocycles. The van der Waals surface area contributed by atoms with E-state index in [0.29, 0.717) is 44.0 Å². The molecule has 4 rings (SSSR count). The number of rotatable bonds is 3. The first-order valence-corrected chi connectivity index (χ1v) is 9.33. The van der Waals surface area contributed by atoms with Crippen LogP contribution in [0.3, 0.4) is 0 Å². The van der Waals surface area contributed by atoms with E-state index in [1.807, 2.05) is 13.0 Å². The Morgan fingerprint density at radius 3 is 2.54 bits per heavy atom. The largest absolute Gasteiger partial charge is 0.437 e. The van der Waals surface area contributed by atoms with E-state index < -0.39 is 17.6 Å². The van der Waals surface area contributed by atoms with Gasteiger partial charge in [0.1, 0.15) is 5.82 Å². The van der Waals surface area contributed by atoms with E-state index in [-0.39, 0.29) is 6.54 Å². The van der Waals surface area contributed by atoms with E-state index in [1.54, 1.807) is 36.5 Å². The Balaban J connectivity index is 1.48. The van der Waals surface area contributed by atoms with E-state index in [1.165, 1.54) is 0 Å². The molecule has 0 saturated carbocycles.